The number of fused-ring (bicyclic) bond motifs is 5. The zero-order valence-corrected chi connectivity index (χ0v) is 56.6. The second-order valence-electron chi connectivity index (χ2n) is 29.8. The maximum absolute atomic E-state index is 13.6. The van der Waals surface area contributed by atoms with E-state index in [1.807, 2.05) is 20.8 Å². The molecule has 0 aromatic carbocycles. The van der Waals surface area contributed by atoms with Gasteiger partial charge in [-0.3, -0.25) is 9.35 Å². The lowest BCUT2D eigenvalue weighted by Crippen LogP contribution is -2.67. The van der Waals surface area contributed by atoms with E-state index < -0.39 is 243 Å². The largest absolute Gasteiger partial charge is 0.397 e. The molecule has 97 heavy (non-hydrogen) atoms. The predicted octanol–water partition coefficient (Wildman–Crippen LogP) is -4.61. The van der Waals surface area contributed by atoms with Crippen molar-refractivity contribution in [3.8, 4) is 0 Å². The number of Topliss-reactive ketones (excluding diaryl/α,β-unsaturated/α-hetero) is 1. The Morgan fingerprint density at radius 3 is 1.62 bits per heavy atom. The number of allylic oxidation sites excluding steroid dienone is 2. The van der Waals surface area contributed by atoms with Gasteiger partial charge in [-0.25, -0.2) is 4.18 Å². The van der Waals surface area contributed by atoms with Crippen molar-refractivity contribution in [1.82, 2.24) is 0 Å². The normalized spacial score (nSPS) is 51.5. The van der Waals surface area contributed by atoms with Gasteiger partial charge in [0.15, 0.2) is 37.7 Å². The summed E-state index contributed by atoms with van der Waals surface area (Å²) in [5.74, 6) is -1.27. The second kappa shape index (κ2) is 30.3. The van der Waals surface area contributed by atoms with E-state index >= 15 is 0 Å². The molecule has 6 saturated heterocycles. The summed E-state index contributed by atoms with van der Waals surface area (Å²) >= 11 is 0. The summed E-state index contributed by atoms with van der Waals surface area (Å²) in [5, 5.41) is 179. The first-order valence-electron chi connectivity index (χ1n) is 33.9. The molecule has 10 rings (SSSR count). The number of carbonyl (C=O) groups is 1. The Morgan fingerprint density at radius 1 is 0.567 bits per heavy atom. The molecule has 0 amide bonds. The number of rotatable bonds is 21. The number of ketones is 1. The first-order chi connectivity index (χ1) is 45.3. The smallest absolute Gasteiger partial charge is 0.394 e. The highest BCUT2D eigenvalue weighted by Gasteiger charge is 2.64. The molecule has 34 heteroatoms. The summed E-state index contributed by atoms with van der Waals surface area (Å²) in [6.45, 7) is 13.3. The third-order valence-corrected chi connectivity index (χ3v) is 23.8. The molecule has 3 saturated carbocycles. The minimum atomic E-state index is -4.92. The summed E-state index contributed by atoms with van der Waals surface area (Å²) in [5.41, 5.74) is -1.40. The van der Waals surface area contributed by atoms with Crippen molar-refractivity contribution in [3.63, 3.8) is 0 Å². The molecule has 6 heterocycles. The maximum atomic E-state index is 13.6. The van der Waals surface area contributed by atoms with E-state index in [1.54, 1.807) is 6.92 Å². The first kappa shape index (κ1) is 77.8. The van der Waals surface area contributed by atoms with Crippen LogP contribution in [-0.4, -0.2) is 316 Å². The molecule has 6 aliphatic heterocycles. The Morgan fingerprint density at radius 2 is 1.05 bits per heavy atom. The van der Waals surface area contributed by atoms with Gasteiger partial charge in [0.25, 0.3) is 0 Å². The van der Waals surface area contributed by atoms with Gasteiger partial charge in [-0.05, 0) is 113 Å². The van der Waals surface area contributed by atoms with E-state index in [1.165, 1.54) is 20.8 Å². The van der Waals surface area contributed by atoms with Crippen LogP contribution in [0.3, 0.4) is 0 Å². The minimum Gasteiger partial charge on any atom is -0.394 e. The van der Waals surface area contributed by atoms with Crippen molar-refractivity contribution in [3.05, 3.63) is 11.6 Å². The van der Waals surface area contributed by atoms with Crippen LogP contribution in [0.2, 0.25) is 0 Å². The molecule has 33 nitrogen and oxygen atoms in total. The monoisotopic (exact) mass is 1420 g/mol. The predicted molar refractivity (Wildman–Crippen MR) is 323 cm³/mol. The Balaban J connectivity index is 0.904. The van der Waals surface area contributed by atoms with E-state index in [0.717, 1.165) is 5.57 Å². The molecule has 0 aromatic heterocycles. The summed E-state index contributed by atoms with van der Waals surface area (Å²) < 4.78 is 113. The number of aliphatic hydroxyl groups is 16. The first-order valence-corrected chi connectivity index (χ1v) is 35.2. The Kier molecular flexibility index (Phi) is 24.3. The lowest BCUT2D eigenvalue weighted by molar-refractivity contribution is -0.402. The van der Waals surface area contributed by atoms with Crippen LogP contribution in [0, 0.1) is 46.3 Å². The molecule has 39 atom stereocenters. The van der Waals surface area contributed by atoms with Crippen LogP contribution in [0.1, 0.15) is 114 Å². The lowest BCUT2D eigenvalue weighted by Gasteiger charge is -2.60. The van der Waals surface area contributed by atoms with Crippen molar-refractivity contribution in [2.45, 2.75) is 310 Å². The van der Waals surface area contributed by atoms with Crippen LogP contribution >= 0.6 is 0 Å². The fraction of sp³-hybridized carbons (Fsp3) is 0.952. The van der Waals surface area contributed by atoms with E-state index in [2.05, 4.69) is 19.9 Å². The SMILES string of the molecule is CC(C)C(C)C(=O)C[C@](C)(O)C1CCC2C3C[C@H](OC4OC(C)C(O)C(OC5OCC(OC6OC(CO)C(O)C(O)C6OC6OC(C)C(O)C(OC7OC(CO)C(O)C(O)C7O)C6O)C(O)C5OC5OC(C)C(O)C(O)C5O)C4O)[C@H]4C[C@@H](OS(=O)(=O)O)CC[C@]4(C)C3=CC[C@@]21C. The van der Waals surface area contributed by atoms with Gasteiger partial charge in [-0.2, -0.15) is 8.42 Å². The number of aliphatic hydroxyl groups excluding tert-OH is 15. The van der Waals surface area contributed by atoms with Crippen molar-refractivity contribution in [2.24, 2.45) is 46.3 Å². The zero-order chi connectivity index (χ0) is 71.2. The molecule has 10 aliphatic rings. The molecular formula is C63H104O33S. The fourth-order valence-corrected chi connectivity index (χ4v) is 17.7. The maximum Gasteiger partial charge on any atom is 0.397 e. The molecule has 9 fully saturated rings. The van der Waals surface area contributed by atoms with E-state index in [0.29, 0.717) is 32.1 Å². The van der Waals surface area contributed by atoms with Gasteiger partial charge in [-0.15, -0.1) is 0 Å². The van der Waals surface area contributed by atoms with E-state index in [-0.39, 0.29) is 54.6 Å². The molecular weight excluding hydrogens is 1320 g/mol. The lowest BCUT2D eigenvalue weighted by atomic mass is 9.47. The van der Waals surface area contributed by atoms with Gasteiger partial charge < -0.3 is 139 Å². The summed E-state index contributed by atoms with van der Waals surface area (Å²) in [6.07, 6.45) is -49.0. The molecule has 0 aromatic rings. The molecule has 0 spiro atoms. The van der Waals surface area contributed by atoms with Crippen LogP contribution in [0.15, 0.2) is 11.6 Å². The highest BCUT2D eigenvalue weighted by molar-refractivity contribution is 7.80. The number of carbonyl (C=O) groups excluding carboxylic acids is 1. The van der Waals surface area contributed by atoms with E-state index in [4.69, 9.17) is 61.0 Å². The number of hydrogen-bond donors (Lipinski definition) is 17. The second-order valence-corrected chi connectivity index (χ2v) is 30.9. The fourth-order valence-electron chi connectivity index (χ4n) is 17.2. The third kappa shape index (κ3) is 15.4. The highest BCUT2D eigenvalue weighted by Crippen LogP contribution is 2.67. The Labute approximate surface area is 562 Å². The van der Waals surface area contributed by atoms with Gasteiger partial charge in [0.2, 0.25) is 0 Å². The van der Waals surface area contributed by atoms with Crippen molar-refractivity contribution in [2.75, 3.05) is 19.8 Å². The number of ether oxygens (including phenoxy) is 12. The summed E-state index contributed by atoms with van der Waals surface area (Å²) in [4.78, 5) is 13.6. The van der Waals surface area contributed by atoms with Gasteiger partial charge in [0.05, 0.1) is 55.9 Å². The van der Waals surface area contributed by atoms with Crippen LogP contribution in [0.25, 0.3) is 0 Å². The molecule has 0 bridgehead atoms. The van der Waals surface area contributed by atoms with Crippen molar-refractivity contribution >= 4 is 16.2 Å². The van der Waals surface area contributed by atoms with Crippen LogP contribution in [0.5, 0.6) is 0 Å². The quantitative estimate of drug-likeness (QED) is 0.0380. The minimum absolute atomic E-state index is 0.0215. The van der Waals surface area contributed by atoms with Crippen molar-refractivity contribution < 1.29 is 160 Å². The van der Waals surface area contributed by atoms with Gasteiger partial charge >= 0.3 is 10.4 Å². The molecule has 17 N–H and O–H groups in total. The van der Waals surface area contributed by atoms with Crippen molar-refractivity contribution in [1.29, 1.82) is 0 Å². The summed E-state index contributed by atoms with van der Waals surface area (Å²) in [6, 6.07) is 0. The molecule has 0 radical (unpaired) electrons. The van der Waals surface area contributed by atoms with Gasteiger partial charge in [0.1, 0.15) is 128 Å². The van der Waals surface area contributed by atoms with Crippen LogP contribution in [-0.2, 0) is 76.2 Å². The number of hydrogen-bond acceptors (Lipinski definition) is 32. The topological polar surface area (TPSA) is 515 Å². The van der Waals surface area contributed by atoms with E-state index in [9.17, 15) is 99.5 Å². The highest BCUT2D eigenvalue weighted by atomic mass is 32.3. The average Bonchev–Trinajstić information content (AvgIpc) is 1.68. The third-order valence-electron chi connectivity index (χ3n) is 23.3. The standard InChI is InChI=1S/C63H104O33S/c1-22(2)23(3)32(66)18-63(9,80)37-11-10-29-28-17-33(31-16-27(96-97(81,82)83)12-14-61(31,7)30(28)13-15-62(29,37)8)88-57-49(78)52(40(69)25(5)86-57)93-59-53(94-55-47(76)44(73)38(67)24(4)85-55)43(72)36(21-84-59)91-60-54(46(75)42(71)35(20-65)90-60)95-58-50(79)51(39(68)26(6)87-58)92-56-48(77)45(74)41(70)34(19-64)89-56/h13,22-29,31,33-60,64-65,67-80H,10-12,14-21H2,1-9H3,(H,81,82,83)/t23?,24?,25?,26?,27-,28?,29?,31+,33-,34?,35?,36?,37?,38?,39?,40?,41?,42?,43?,44?,45?,46?,47?,48?,49?,50?,51?,52?,53?,54?,55?,56?,57?,58?,59?,60?,61+,62-,63-/m0/s1. The van der Waals surface area contributed by atoms with Crippen LogP contribution < -0.4 is 0 Å². The Bertz CT molecular complexity index is 2790. The molecule has 4 aliphatic carbocycles. The molecule has 33 unspecified atom stereocenters. The molecule has 560 valence electrons. The van der Waals surface area contributed by atoms with Gasteiger partial charge in [0, 0.05) is 12.3 Å². The summed E-state index contributed by atoms with van der Waals surface area (Å²) in [7, 11) is -4.92. The van der Waals surface area contributed by atoms with Crippen LogP contribution in [0.4, 0.5) is 0 Å². The Hall–Kier alpha value is -1.84. The zero-order valence-electron chi connectivity index (χ0n) is 55.8. The van der Waals surface area contributed by atoms with Gasteiger partial charge in [-0.1, -0.05) is 46.3 Å². The average molecular weight is 1420 g/mol.